The molecule has 0 spiro atoms. The summed E-state index contributed by atoms with van der Waals surface area (Å²) < 4.78 is -0.0249. The number of nitrogens with zero attached hydrogens (tertiary/aromatic N) is 2. The summed E-state index contributed by atoms with van der Waals surface area (Å²) in [5, 5.41) is -0.773. The molecule has 1 atom stereocenters. The molecule has 6 nitrogen and oxygen atoms in total. The minimum absolute atomic E-state index is 0.0249. The van der Waals surface area contributed by atoms with Gasteiger partial charge in [-0.3, -0.25) is 19.2 Å². The molecule has 8 heteroatoms. The first-order valence-electron chi connectivity index (χ1n) is 8.50. The second-order valence-electron chi connectivity index (χ2n) is 6.47. The van der Waals surface area contributed by atoms with Crippen molar-refractivity contribution in [1.82, 2.24) is 4.90 Å². The summed E-state index contributed by atoms with van der Waals surface area (Å²) in [6.07, 6.45) is -0.0410. The number of benzene rings is 2. The molecule has 2 heterocycles. The molecule has 1 unspecified atom stereocenters. The first-order valence-corrected chi connectivity index (χ1v) is 9.79. The number of fused-ring (bicyclic) bond motifs is 1. The lowest BCUT2D eigenvalue weighted by Crippen LogP contribution is -2.36. The topological polar surface area (TPSA) is 74.8 Å². The van der Waals surface area contributed by atoms with Crippen molar-refractivity contribution in [1.29, 1.82) is 0 Å². The van der Waals surface area contributed by atoms with Crippen molar-refractivity contribution in [3.8, 4) is 0 Å². The van der Waals surface area contributed by atoms with Crippen LogP contribution in [0.3, 0.4) is 0 Å². The molecule has 140 valence electrons. The highest BCUT2D eigenvalue weighted by Gasteiger charge is 2.44. The smallest absolute Gasteiger partial charge is 0.267 e. The van der Waals surface area contributed by atoms with Crippen molar-refractivity contribution >= 4 is 57.6 Å². The molecule has 0 aliphatic carbocycles. The van der Waals surface area contributed by atoms with Gasteiger partial charge < -0.3 is 0 Å². The Hall–Kier alpha value is -2.84. The number of carbonyl (C=O) groups excluding carboxylic acids is 4. The molecule has 0 saturated carbocycles. The lowest BCUT2D eigenvalue weighted by atomic mass is 10.1. The highest BCUT2D eigenvalue weighted by Crippen LogP contribution is 2.33. The van der Waals surface area contributed by atoms with Gasteiger partial charge in [-0.15, -0.1) is 0 Å². The third-order valence-corrected chi connectivity index (χ3v) is 6.13. The molecule has 2 aromatic rings. The molecule has 4 amide bonds. The number of rotatable bonds is 2. The van der Waals surface area contributed by atoms with E-state index in [1.54, 1.807) is 36.4 Å². The van der Waals surface area contributed by atoms with Gasteiger partial charge >= 0.3 is 0 Å². The van der Waals surface area contributed by atoms with Crippen molar-refractivity contribution in [2.75, 3.05) is 4.90 Å². The number of hydrogen-bond acceptors (Lipinski definition) is 6. The van der Waals surface area contributed by atoms with E-state index in [9.17, 15) is 19.2 Å². The Balaban J connectivity index is 1.52. The first-order chi connectivity index (χ1) is 13.4. The molecule has 1 fully saturated rings. The normalized spacial score (nSPS) is 18.8. The Kier molecular flexibility index (Phi) is 4.60. The number of aryl methyl sites for hydroxylation is 1. The van der Waals surface area contributed by atoms with Gasteiger partial charge in [0.05, 0.1) is 16.8 Å². The van der Waals surface area contributed by atoms with E-state index in [2.05, 4.69) is 0 Å². The summed E-state index contributed by atoms with van der Waals surface area (Å²) in [7, 11) is 0. The van der Waals surface area contributed by atoms with E-state index >= 15 is 0 Å². The molecule has 2 aliphatic heterocycles. The fourth-order valence-corrected chi connectivity index (χ4v) is 4.65. The fourth-order valence-electron chi connectivity index (χ4n) is 3.19. The highest BCUT2D eigenvalue weighted by molar-refractivity contribution is 8.23. The predicted molar refractivity (Wildman–Crippen MR) is 109 cm³/mol. The molecule has 0 aromatic heterocycles. The van der Waals surface area contributed by atoms with Gasteiger partial charge in [0.15, 0.2) is 4.32 Å². The lowest BCUT2D eigenvalue weighted by Gasteiger charge is -2.17. The highest BCUT2D eigenvalue weighted by atomic mass is 32.2. The third kappa shape index (κ3) is 2.94. The SMILES string of the molecule is Cc1ccc(N2C(=O)CC(SC(=S)N3C(=O)c4ccccc4C3=O)C2=O)cc1. The number of hydrogen-bond donors (Lipinski definition) is 0. The molecule has 2 aromatic carbocycles. The van der Waals surface area contributed by atoms with Gasteiger partial charge in [-0.05, 0) is 31.2 Å². The van der Waals surface area contributed by atoms with E-state index in [1.807, 2.05) is 19.1 Å². The second kappa shape index (κ2) is 6.96. The molecule has 4 rings (SSSR count). The Bertz CT molecular complexity index is 1010. The van der Waals surface area contributed by atoms with Crippen LogP contribution < -0.4 is 4.90 Å². The van der Waals surface area contributed by atoms with Crippen molar-refractivity contribution < 1.29 is 19.2 Å². The average Bonchev–Trinajstić information content (AvgIpc) is 3.09. The van der Waals surface area contributed by atoms with E-state index in [1.165, 1.54) is 0 Å². The van der Waals surface area contributed by atoms with Gasteiger partial charge in [0, 0.05) is 6.42 Å². The Labute approximate surface area is 170 Å². The maximum Gasteiger partial charge on any atom is 0.267 e. The summed E-state index contributed by atoms with van der Waals surface area (Å²) in [4.78, 5) is 52.2. The van der Waals surface area contributed by atoms with E-state index in [0.29, 0.717) is 5.69 Å². The van der Waals surface area contributed by atoms with Crippen LogP contribution in [0.15, 0.2) is 48.5 Å². The van der Waals surface area contributed by atoms with Gasteiger partial charge in [0.2, 0.25) is 11.8 Å². The van der Waals surface area contributed by atoms with E-state index in [-0.39, 0.29) is 27.8 Å². The van der Waals surface area contributed by atoms with Gasteiger partial charge in [0.1, 0.15) is 5.25 Å². The van der Waals surface area contributed by atoms with Crippen molar-refractivity contribution in [2.45, 2.75) is 18.6 Å². The second-order valence-corrected chi connectivity index (χ2v) is 8.31. The van der Waals surface area contributed by atoms with E-state index < -0.39 is 23.0 Å². The maximum absolute atomic E-state index is 12.8. The summed E-state index contributed by atoms with van der Waals surface area (Å²) in [5.41, 5.74) is 2.08. The van der Waals surface area contributed by atoms with Crippen molar-refractivity contribution in [3.63, 3.8) is 0 Å². The zero-order valence-corrected chi connectivity index (χ0v) is 16.4. The predicted octanol–water partition coefficient (Wildman–Crippen LogP) is 2.94. The van der Waals surface area contributed by atoms with Crippen LogP contribution in [0, 0.1) is 6.92 Å². The quantitative estimate of drug-likeness (QED) is 0.560. The third-order valence-electron chi connectivity index (χ3n) is 4.62. The zero-order valence-electron chi connectivity index (χ0n) is 14.7. The van der Waals surface area contributed by atoms with Crippen LogP contribution in [0.5, 0.6) is 0 Å². The number of carbonyl (C=O) groups is 4. The minimum Gasteiger partial charge on any atom is -0.274 e. The van der Waals surface area contributed by atoms with Crippen molar-refractivity contribution in [2.24, 2.45) is 0 Å². The summed E-state index contributed by atoms with van der Waals surface area (Å²) in [6, 6.07) is 13.5. The van der Waals surface area contributed by atoms with Crippen LogP contribution in [0.1, 0.15) is 32.7 Å². The van der Waals surface area contributed by atoms with Gasteiger partial charge in [-0.2, -0.15) is 0 Å². The molecule has 0 radical (unpaired) electrons. The van der Waals surface area contributed by atoms with Crippen LogP contribution >= 0.6 is 24.0 Å². The molecule has 1 saturated heterocycles. The molecule has 28 heavy (non-hydrogen) atoms. The molecular formula is C20H14N2O4S2. The van der Waals surface area contributed by atoms with Crippen LogP contribution in [0.2, 0.25) is 0 Å². The maximum atomic E-state index is 12.8. The number of anilines is 1. The standard InChI is InChI=1S/C20H14N2O4S2/c1-11-6-8-12(9-7-11)21-16(23)10-15(19(21)26)28-20(27)22-17(24)13-4-2-3-5-14(13)18(22)25/h2-9,15H,10H2,1H3. The van der Waals surface area contributed by atoms with Gasteiger partial charge in [-0.25, -0.2) is 9.80 Å². The summed E-state index contributed by atoms with van der Waals surface area (Å²) in [5.74, 6) is -1.76. The van der Waals surface area contributed by atoms with Gasteiger partial charge in [0.25, 0.3) is 11.8 Å². The van der Waals surface area contributed by atoms with Gasteiger partial charge in [-0.1, -0.05) is 53.8 Å². The Morgan fingerprint density at radius 1 is 0.964 bits per heavy atom. The van der Waals surface area contributed by atoms with E-state index in [0.717, 1.165) is 27.1 Å². The molecule has 0 bridgehead atoms. The largest absolute Gasteiger partial charge is 0.274 e. The molecule has 0 N–H and O–H groups in total. The lowest BCUT2D eigenvalue weighted by molar-refractivity contribution is -0.121. The Morgan fingerprint density at radius 2 is 1.54 bits per heavy atom. The Morgan fingerprint density at radius 3 is 2.11 bits per heavy atom. The monoisotopic (exact) mass is 410 g/mol. The summed E-state index contributed by atoms with van der Waals surface area (Å²) in [6.45, 7) is 1.91. The van der Waals surface area contributed by atoms with Crippen LogP contribution in [0.25, 0.3) is 0 Å². The number of thioether (sulfide) groups is 1. The summed E-state index contributed by atoms with van der Waals surface area (Å²) >= 11 is 6.18. The number of thiocarbonyl (C=S) groups is 1. The van der Waals surface area contributed by atoms with Crippen LogP contribution in [0.4, 0.5) is 5.69 Å². The average molecular weight is 410 g/mol. The van der Waals surface area contributed by atoms with Crippen LogP contribution in [-0.2, 0) is 9.59 Å². The zero-order chi connectivity index (χ0) is 20.0. The van der Waals surface area contributed by atoms with Crippen molar-refractivity contribution in [3.05, 3.63) is 65.2 Å². The number of amides is 4. The minimum atomic E-state index is -0.773. The van der Waals surface area contributed by atoms with E-state index in [4.69, 9.17) is 12.2 Å². The fraction of sp³-hybridized carbons (Fsp3) is 0.150. The van der Waals surface area contributed by atoms with Crippen LogP contribution in [-0.4, -0.2) is 38.1 Å². The first kappa shape index (κ1) is 18.5. The number of imide groups is 2. The molecule has 2 aliphatic rings. The molecular weight excluding hydrogens is 396 g/mol.